The van der Waals surface area contributed by atoms with Gasteiger partial charge in [0.1, 0.15) is 0 Å². The second-order valence-electron chi connectivity index (χ2n) is 3.79. The van der Waals surface area contributed by atoms with E-state index in [-0.39, 0.29) is 24.3 Å². The Balaban J connectivity index is 0.000000771. The highest BCUT2D eigenvalue weighted by Gasteiger charge is 2.38. The number of hydrogen-bond acceptors (Lipinski definition) is 3. The zero-order valence-corrected chi connectivity index (χ0v) is 11.0. The first-order valence-corrected chi connectivity index (χ1v) is 6.14. The van der Waals surface area contributed by atoms with Crippen molar-refractivity contribution in [2.24, 2.45) is 5.92 Å². The Kier molecular flexibility index (Phi) is 5.36. The molecule has 2 rings (SSSR count). The van der Waals surface area contributed by atoms with Gasteiger partial charge in [0.2, 0.25) is 5.91 Å². The minimum absolute atomic E-state index is 0.107. The number of methoxy groups -OCH3 is 1. The van der Waals surface area contributed by atoms with Crippen molar-refractivity contribution in [3.63, 3.8) is 0 Å². The molecule has 0 radical (unpaired) electrons. The van der Waals surface area contributed by atoms with Crippen LogP contribution in [0.2, 0.25) is 0 Å². The summed E-state index contributed by atoms with van der Waals surface area (Å²) in [5, 5.41) is 2.80. The third kappa shape index (κ3) is 3.09. The van der Waals surface area contributed by atoms with E-state index in [0.29, 0.717) is 0 Å². The van der Waals surface area contributed by atoms with E-state index in [2.05, 4.69) is 5.32 Å². The van der Waals surface area contributed by atoms with Gasteiger partial charge in [-0.15, -0.1) is 0 Å². The smallest absolute Gasteiger partial charge is 0.311 e. The zero-order valence-electron chi connectivity index (χ0n) is 11.0. The number of carbonyl (C=O) groups is 2. The van der Waals surface area contributed by atoms with Gasteiger partial charge in [-0.2, -0.15) is 0 Å². The predicted octanol–water partition coefficient (Wildman–Crippen LogP) is 2.06. The standard InChI is InChI=1S/C12H13NO3.C2H6/c1-16-12(15)9-7-10(14)13-11(9)8-5-3-2-4-6-8;1-2/h2-6,9,11H,7H2,1H3,(H,13,14);1-2H3. The first kappa shape index (κ1) is 14.2. The molecular weight excluding hydrogens is 230 g/mol. The lowest BCUT2D eigenvalue weighted by molar-refractivity contribution is -0.146. The van der Waals surface area contributed by atoms with E-state index in [1.165, 1.54) is 7.11 Å². The highest BCUT2D eigenvalue weighted by molar-refractivity contribution is 5.87. The molecule has 0 aliphatic carbocycles. The molecule has 1 fully saturated rings. The van der Waals surface area contributed by atoms with Crippen LogP contribution in [-0.4, -0.2) is 19.0 Å². The Labute approximate surface area is 107 Å². The van der Waals surface area contributed by atoms with Gasteiger partial charge in [-0.1, -0.05) is 44.2 Å². The van der Waals surface area contributed by atoms with Crippen LogP contribution in [0.3, 0.4) is 0 Å². The third-order valence-corrected chi connectivity index (χ3v) is 2.79. The van der Waals surface area contributed by atoms with Crippen molar-refractivity contribution in [2.75, 3.05) is 7.11 Å². The van der Waals surface area contributed by atoms with Crippen molar-refractivity contribution < 1.29 is 14.3 Å². The number of rotatable bonds is 2. The molecular formula is C14H19NO3. The van der Waals surface area contributed by atoms with Gasteiger partial charge in [-0.25, -0.2) is 0 Å². The van der Waals surface area contributed by atoms with E-state index in [1.54, 1.807) is 0 Å². The number of amides is 1. The molecule has 18 heavy (non-hydrogen) atoms. The van der Waals surface area contributed by atoms with E-state index >= 15 is 0 Å². The fraction of sp³-hybridized carbons (Fsp3) is 0.429. The molecule has 1 amide bonds. The van der Waals surface area contributed by atoms with E-state index in [0.717, 1.165) is 5.56 Å². The first-order chi connectivity index (χ1) is 8.72. The minimum Gasteiger partial charge on any atom is -0.469 e. The maximum atomic E-state index is 11.5. The summed E-state index contributed by atoms with van der Waals surface area (Å²) in [5.74, 6) is -0.864. The van der Waals surface area contributed by atoms with Gasteiger partial charge in [-0.3, -0.25) is 9.59 Å². The maximum Gasteiger partial charge on any atom is 0.311 e. The van der Waals surface area contributed by atoms with Gasteiger partial charge in [0, 0.05) is 6.42 Å². The molecule has 1 aliphatic rings. The molecule has 0 spiro atoms. The molecule has 2 atom stereocenters. The van der Waals surface area contributed by atoms with Crippen LogP contribution in [0.15, 0.2) is 30.3 Å². The number of benzene rings is 1. The average molecular weight is 249 g/mol. The Morgan fingerprint density at radius 2 is 1.89 bits per heavy atom. The zero-order chi connectivity index (χ0) is 13.5. The molecule has 98 valence electrons. The lowest BCUT2D eigenvalue weighted by Gasteiger charge is -2.16. The molecule has 0 saturated carbocycles. The summed E-state index contributed by atoms with van der Waals surface area (Å²) in [6.07, 6.45) is 0.201. The van der Waals surface area contributed by atoms with Crippen molar-refractivity contribution in [3.05, 3.63) is 35.9 Å². The van der Waals surface area contributed by atoms with Gasteiger partial charge < -0.3 is 10.1 Å². The van der Waals surface area contributed by atoms with Gasteiger partial charge in [0.15, 0.2) is 0 Å². The van der Waals surface area contributed by atoms with Crippen molar-refractivity contribution >= 4 is 11.9 Å². The van der Waals surface area contributed by atoms with Crippen LogP contribution in [0, 0.1) is 5.92 Å². The summed E-state index contributed by atoms with van der Waals surface area (Å²) < 4.78 is 4.70. The molecule has 1 heterocycles. The van der Waals surface area contributed by atoms with Crippen LogP contribution >= 0.6 is 0 Å². The van der Waals surface area contributed by atoms with Gasteiger partial charge in [0.05, 0.1) is 19.1 Å². The first-order valence-electron chi connectivity index (χ1n) is 6.14. The number of carbonyl (C=O) groups excluding carboxylic acids is 2. The van der Waals surface area contributed by atoms with Gasteiger partial charge in [-0.05, 0) is 5.56 Å². The van der Waals surface area contributed by atoms with Crippen LogP contribution in [0.4, 0.5) is 0 Å². The number of nitrogens with one attached hydrogen (secondary N) is 1. The largest absolute Gasteiger partial charge is 0.469 e. The van der Waals surface area contributed by atoms with Crippen LogP contribution in [0.5, 0.6) is 0 Å². The summed E-state index contributed by atoms with van der Waals surface area (Å²) in [6, 6.07) is 9.19. The molecule has 1 saturated heterocycles. The van der Waals surface area contributed by atoms with Crippen LogP contribution in [0.25, 0.3) is 0 Å². The molecule has 4 heteroatoms. The molecule has 1 aromatic rings. The van der Waals surface area contributed by atoms with E-state index in [1.807, 2.05) is 44.2 Å². The van der Waals surface area contributed by atoms with E-state index < -0.39 is 5.92 Å². The fourth-order valence-corrected chi connectivity index (χ4v) is 2.00. The van der Waals surface area contributed by atoms with Crippen LogP contribution in [0.1, 0.15) is 31.9 Å². The Hall–Kier alpha value is -1.84. The minimum atomic E-state index is -0.417. The second-order valence-corrected chi connectivity index (χ2v) is 3.79. The summed E-state index contributed by atoms with van der Waals surface area (Å²) in [4.78, 5) is 22.9. The van der Waals surface area contributed by atoms with Crippen LogP contribution < -0.4 is 5.32 Å². The summed E-state index contributed by atoms with van der Waals surface area (Å²) in [5.41, 5.74) is 0.934. The van der Waals surface area contributed by atoms with Crippen molar-refractivity contribution in [2.45, 2.75) is 26.3 Å². The van der Waals surface area contributed by atoms with E-state index in [9.17, 15) is 9.59 Å². The summed E-state index contributed by atoms with van der Waals surface area (Å²) >= 11 is 0. The van der Waals surface area contributed by atoms with E-state index in [4.69, 9.17) is 4.74 Å². The normalized spacial score (nSPS) is 21.6. The molecule has 1 aromatic carbocycles. The van der Waals surface area contributed by atoms with Crippen LogP contribution in [-0.2, 0) is 14.3 Å². The van der Waals surface area contributed by atoms with Gasteiger partial charge >= 0.3 is 5.97 Å². The topological polar surface area (TPSA) is 55.4 Å². The lowest BCUT2D eigenvalue weighted by atomic mass is 9.94. The third-order valence-electron chi connectivity index (χ3n) is 2.79. The van der Waals surface area contributed by atoms with Crippen molar-refractivity contribution in [3.8, 4) is 0 Å². The highest BCUT2D eigenvalue weighted by atomic mass is 16.5. The Morgan fingerprint density at radius 3 is 2.44 bits per heavy atom. The van der Waals surface area contributed by atoms with Crippen molar-refractivity contribution in [1.29, 1.82) is 0 Å². The molecule has 4 nitrogen and oxygen atoms in total. The SMILES string of the molecule is CC.COC(=O)C1CC(=O)NC1c1ccccc1. The fourth-order valence-electron chi connectivity index (χ4n) is 2.00. The quantitative estimate of drug-likeness (QED) is 0.816. The highest BCUT2D eigenvalue weighted by Crippen LogP contribution is 2.30. The lowest BCUT2D eigenvalue weighted by Crippen LogP contribution is -2.25. The Morgan fingerprint density at radius 1 is 1.28 bits per heavy atom. The predicted molar refractivity (Wildman–Crippen MR) is 68.8 cm³/mol. The van der Waals surface area contributed by atoms with Gasteiger partial charge in [0.25, 0.3) is 0 Å². The molecule has 2 unspecified atom stereocenters. The number of ether oxygens (including phenoxy) is 1. The average Bonchev–Trinajstić information content (AvgIpc) is 2.83. The monoisotopic (exact) mass is 249 g/mol. The molecule has 1 aliphatic heterocycles. The Bertz CT molecular complexity index is 403. The molecule has 0 bridgehead atoms. The number of esters is 1. The maximum absolute atomic E-state index is 11.5. The molecule has 0 aromatic heterocycles. The summed E-state index contributed by atoms with van der Waals surface area (Å²) in [6.45, 7) is 4.00. The van der Waals surface area contributed by atoms with Crippen molar-refractivity contribution in [1.82, 2.24) is 5.32 Å². The second kappa shape index (κ2) is 6.79. The molecule has 1 N–H and O–H groups in total. The number of hydrogen-bond donors (Lipinski definition) is 1. The summed E-state index contributed by atoms with van der Waals surface area (Å²) in [7, 11) is 1.34.